The first-order chi connectivity index (χ1) is 12.9. The number of hydrogen-bond donors (Lipinski definition) is 1. The van der Waals surface area contributed by atoms with Gasteiger partial charge in [0.05, 0.1) is 31.1 Å². The monoisotopic (exact) mass is 371 g/mol. The molecule has 0 saturated heterocycles. The van der Waals surface area contributed by atoms with E-state index in [1.54, 1.807) is 48.5 Å². The van der Waals surface area contributed by atoms with Crippen molar-refractivity contribution in [3.63, 3.8) is 0 Å². The third kappa shape index (κ3) is 6.11. The van der Waals surface area contributed by atoms with Crippen LogP contribution < -0.4 is 10.1 Å². The standard InChI is InChI=1S/C21H25NO5/c1-14(2)26-13-16-9-11-17(12-10-16)21(24)27-15(3)20(23)22-18-7-5-6-8-19(18)25-4/h5-12,14-15H,13H2,1-4H3,(H,22,23)/t15-/m0/s1. The molecule has 0 radical (unpaired) electrons. The fourth-order valence-corrected chi connectivity index (χ4v) is 2.26. The highest BCUT2D eigenvalue weighted by molar-refractivity contribution is 5.98. The molecule has 0 aromatic heterocycles. The molecule has 0 saturated carbocycles. The molecule has 144 valence electrons. The number of carbonyl (C=O) groups is 2. The molecule has 6 heteroatoms. The number of anilines is 1. The Kier molecular flexibility index (Phi) is 7.37. The van der Waals surface area contributed by atoms with E-state index in [4.69, 9.17) is 14.2 Å². The Bertz CT molecular complexity index is 770. The Morgan fingerprint density at radius 2 is 1.67 bits per heavy atom. The molecule has 27 heavy (non-hydrogen) atoms. The predicted molar refractivity (Wildman–Crippen MR) is 103 cm³/mol. The highest BCUT2D eigenvalue weighted by Gasteiger charge is 2.20. The molecule has 0 aliphatic heterocycles. The zero-order valence-corrected chi connectivity index (χ0v) is 16.0. The lowest BCUT2D eigenvalue weighted by atomic mass is 10.1. The Morgan fingerprint density at radius 1 is 1.00 bits per heavy atom. The van der Waals surface area contributed by atoms with Crippen LogP contribution in [0.4, 0.5) is 5.69 Å². The summed E-state index contributed by atoms with van der Waals surface area (Å²) in [7, 11) is 1.52. The first kappa shape index (κ1) is 20.5. The van der Waals surface area contributed by atoms with Crippen LogP contribution in [-0.2, 0) is 20.9 Å². The van der Waals surface area contributed by atoms with Crippen molar-refractivity contribution in [2.45, 2.75) is 39.6 Å². The highest BCUT2D eigenvalue weighted by atomic mass is 16.5. The molecular formula is C21H25NO5. The lowest BCUT2D eigenvalue weighted by molar-refractivity contribution is -0.123. The molecule has 1 amide bonds. The fraction of sp³-hybridized carbons (Fsp3) is 0.333. The van der Waals surface area contributed by atoms with Gasteiger partial charge in [-0.25, -0.2) is 4.79 Å². The van der Waals surface area contributed by atoms with Crippen molar-refractivity contribution in [1.82, 2.24) is 0 Å². The smallest absolute Gasteiger partial charge is 0.338 e. The van der Waals surface area contributed by atoms with E-state index in [9.17, 15) is 9.59 Å². The summed E-state index contributed by atoms with van der Waals surface area (Å²) in [5.41, 5.74) is 1.85. The second kappa shape index (κ2) is 9.73. The van der Waals surface area contributed by atoms with Gasteiger partial charge in [0.15, 0.2) is 6.10 Å². The Morgan fingerprint density at radius 3 is 2.30 bits per heavy atom. The van der Waals surface area contributed by atoms with Gasteiger partial charge < -0.3 is 19.5 Å². The minimum atomic E-state index is -0.952. The zero-order valence-electron chi connectivity index (χ0n) is 16.0. The highest BCUT2D eigenvalue weighted by Crippen LogP contribution is 2.23. The van der Waals surface area contributed by atoms with E-state index in [1.165, 1.54) is 14.0 Å². The summed E-state index contributed by atoms with van der Waals surface area (Å²) >= 11 is 0. The van der Waals surface area contributed by atoms with Gasteiger partial charge in [0.2, 0.25) is 0 Å². The van der Waals surface area contributed by atoms with Gasteiger partial charge in [-0.15, -0.1) is 0 Å². The lowest BCUT2D eigenvalue weighted by Crippen LogP contribution is -2.30. The summed E-state index contributed by atoms with van der Waals surface area (Å²) in [6, 6.07) is 13.9. The van der Waals surface area contributed by atoms with Crippen molar-refractivity contribution in [2.75, 3.05) is 12.4 Å². The van der Waals surface area contributed by atoms with E-state index >= 15 is 0 Å². The van der Waals surface area contributed by atoms with Crippen molar-refractivity contribution in [3.05, 3.63) is 59.7 Å². The van der Waals surface area contributed by atoms with Gasteiger partial charge in [-0.3, -0.25) is 4.79 Å². The van der Waals surface area contributed by atoms with Crippen molar-refractivity contribution < 1.29 is 23.8 Å². The second-order valence-electron chi connectivity index (χ2n) is 6.29. The SMILES string of the molecule is COc1ccccc1NC(=O)[C@H](C)OC(=O)c1ccc(COC(C)C)cc1. The van der Waals surface area contributed by atoms with Crippen LogP contribution in [0.1, 0.15) is 36.7 Å². The summed E-state index contributed by atoms with van der Waals surface area (Å²) in [6.45, 7) is 5.92. The number of methoxy groups -OCH3 is 1. The Labute approximate surface area is 159 Å². The maximum Gasteiger partial charge on any atom is 0.338 e. The van der Waals surface area contributed by atoms with Crippen LogP contribution in [0, 0.1) is 0 Å². The van der Waals surface area contributed by atoms with E-state index in [0.29, 0.717) is 23.6 Å². The van der Waals surface area contributed by atoms with Crippen LogP contribution in [0.25, 0.3) is 0 Å². The molecule has 0 fully saturated rings. The number of benzene rings is 2. The van der Waals surface area contributed by atoms with Crippen LogP contribution in [0.3, 0.4) is 0 Å². The van der Waals surface area contributed by atoms with Crippen molar-refractivity contribution in [3.8, 4) is 5.75 Å². The topological polar surface area (TPSA) is 73.9 Å². The van der Waals surface area contributed by atoms with Gasteiger partial charge in [-0.2, -0.15) is 0 Å². The molecule has 1 N–H and O–H groups in total. The number of rotatable bonds is 8. The van der Waals surface area contributed by atoms with E-state index in [-0.39, 0.29) is 6.10 Å². The molecule has 0 bridgehead atoms. The summed E-state index contributed by atoms with van der Waals surface area (Å²) in [5, 5.41) is 2.70. The number of para-hydroxylation sites is 2. The Balaban J connectivity index is 1.93. The van der Waals surface area contributed by atoms with Crippen LogP contribution in [-0.4, -0.2) is 31.2 Å². The van der Waals surface area contributed by atoms with Crippen LogP contribution in [0.2, 0.25) is 0 Å². The normalized spacial score (nSPS) is 11.7. The molecule has 1 atom stereocenters. The quantitative estimate of drug-likeness (QED) is 0.715. The summed E-state index contributed by atoms with van der Waals surface area (Å²) in [5.74, 6) is -0.465. The van der Waals surface area contributed by atoms with Crippen molar-refractivity contribution in [1.29, 1.82) is 0 Å². The second-order valence-corrected chi connectivity index (χ2v) is 6.29. The lowest BCUT2D eigenvalue weighted by Gasteiger charge is -2.15. The minimum Gasteiger partial charge on any atom is -0.495 e. The number of hydrogen-bond acceptors (Lipinski definition) is 5. The van der Waals surface area contributed by atoms with Crippen molar-refractivity contribution >= 4 is 17.6 Å². The molecule has 0 aliphatic rings. The largest absolute Gasteiger partial charge is 0.495 e. The van der Waals surface area contributed by atoms with E-state index in [2.05, 4.69) is 5.32 Å². The first-order valence-electron chi connectivity index (χ1n) is 8.76. The number of nitrogens with one attached hydrogen (secondary N) is 1. The van der Waals surface area contributed by atoms with Crippen LogP contribution in [0.5, 0.6) is 5.75 Å². The maximum absolute atomic E-state index is 12.3. The summed E-state index contributed by atoms with van der Waals surface area (Å²) in [6.07, 6.45) is -0.816. The Hall–Kier alpha value is -2.86. The third-order valence-electron chi connectivity index (χ3n) is 3.79. The van der Waals surface area contributed by atoms with Gasteiger partial charge in [0, 0.05) is 0 Å². The van der Waals surface area contributed by atoms with E-state index < -0.39 is 18.0 Å². The molecule has 0 aliphatic carbocycles. The first-order valence-corrected chi connectivity index (χ1v) is 8.76. The van der Waals surface area contributed by atoms with Gasteiger partial charge in [-0.05, 0) is 50.6 Å². The third-order valence-corrected chi connectivity index (χ3v) is 3.79. The van der Waals surface area contributed by atoms with Crippen LogP contribution in [0.15, 0.2) is 48.5 Å². The van der Waals surface area contributed by atoms with Gasteiger partial charge in [0.25, 0.3) is 5.91 Å². The predicted octanol–water partition coefficient (Wildman–Crippen LogP) is 3.80. The fourth-order valence-electron chi connectivity index (χ4n) is 2.26. The molecule has 2 rings (SSSR count). The van der Waals surface area contributed by atoms with E-state index in [0.717, 1.165) is 5.56 Å². The summed E-state index contributed by atoms with van der Waals surface area (Å²) < 4.78 is 16.0. The molecule has 0 heterocycles. The molecule has 2 aromatic carbocycles. The average molecular weight is 371 g/mol. The zero-order chi connectivity index (χ0) is 19.8. The molecule has 2 aromatic rings. The molecule has 6 nitrogen and oxygen atoms in total. The number of amides is 1. The van der Waals surface area contributed by atoms with Crippen LogP contribution >= 0.6 is 0 Å². The average Bonchev–Trinajstić information content (AvgIpc) is 2.67. The minimum absolute atomic E-state index is 0.136. The van der Waals surface area contributed by atoms with Gasteiger partial charge >= 0.3 is 5.97 Å². The number of ether oxygens (including phenoxy) is 3. The summed E-state index contributed by atoms with van der Waals surface area (Å²) in [4.78, 5) is 24.5. The maximum atomic E-state index is 12.3. The van der Waals surface area contributed by atoms with E-state index in [1.807, 2.05) is 13.8 Å². The molecule has 0 unspecified atom stereocenters. The van der Waals surface area contributed by atoms with Gasteiger partial charge in [0.1, 0.15) is 5.75 Å². The molecular weight excluding hydrogens is 346 g/mol. The van der Waals surface area contributed by atoms with Crippen molar-refractivity contribution in [2.24, 2.45) is 0 Å². The molecule has 0 spiro atoms. The van der Waals surface area contributed by atoms with Gasteiger partial charge in [-0.1, -0.05) is 24.3 Å². The number of carbonyl (C=O) groups excluding carboxylic acids is 2. The number of esters is 1.